The third-order valence-corrected chi connectivity index (χ3v) is 6.11. The Balaban J connectivity index is 1.35. The van der Waals surface area contributed by atoms with Gasteiger partial charge in [-0.1, -0.05) is 29.8 Å². The fraction of sp³-hybridized carbons (Fsp3) is 0.391. The van der Waals surface area contributed by atoms with Crippen molar-refractivity contribution in [1.29, 1.82) is 0 Å². The van der Waals surface area contributed by atoms with E-state index in [0.29, 0.717) is 18.1 Å². The molecule has 4 rings (SSSR count). The molecule has 2 aromatic carbocycles. The predicted octanol–water partition coefficient (Wildman–Crippen LogP) is 5.14. The van der Waals surface area contributed by atoms with Gasteiger partial charge in [0, 0.05) is 43.7 Å². The van der Waals surface area contributed by atoms with E-state index >= 15 is 0 Å². The molecule has 3 aromatic rings. The van der Waals surface area contributed by atoms with Crippen molar-refractivity contribution in [1.82, 2.24) is 15.3 Å². The summed E-state index contributed by atoms with van der Waals surface area (Å²) in [6.07, 6.45) is 3.81. The van der Waals surface area contributed by atoms with Gasteiger partial charge in [0.1, 0.15) is 22.5 Å². The Kier molecular flexibility index (Phi) is 6.53. The highest BCUT2D eigenvalue weighted by Crippen LogP contribution is 2.27. The Hall–Kier alpha value is -2.51. The van der Waals surface area contributed by atoms with Crippen molar-refractivity contribution in [2.75, 3.05) is 24.3 Å². The molecule has 1 heterocycles. The quantitative estimate of drug-likeness (QED) is 0.514. The van der Waals surface area contributed by atoms with Crippen LogP contribution in [0.3, 0.4) is 0 Å². The summed E-state index contributed by atoms with van der Waals surface area (Å²) in [5.74, 6) is 0.114. The molecule has 1 aliphatic rings. The van der Waals surface area contributed by atoms with Crippen LogP contribution in [0.2, 0.25) is 5.02 Å². The predicted molar refractivity (Wildman–Crippen MR) is 122 cm³/mol. The third kappa shape index (κ3) is 4.88. The summed E-state index contributed by atoms with van der Waals surface area (Å²) in [5.41, 5.74) is 1.30. The van der Waals surface area contributed by atoms with Gasteiger partial charge < -0.3 is 15.5 Å². The first-order valence-electron chi connectivity index (χ1n) is 10.5. The van der Waals surface area contributed by atoms with E-state index in [1.807, 2.05) is 43.3 Å². The third-order valence-electron chi connectivity index (χ3n) is 5.76. The van der Waals surface area contributed by atoms with Crippen molar-refractivity contribution in [3.8, 4) is 0 Å². The molecule has 0 radical (unpaired) electrons. The Morgan fingerprint density at radius 2 is 1.71 bits per heavy atom. The maximum atomic E-state index is 14.1. The molecule has 2 N–H and O–H groups in total. The van der Waals surface area contributed by atoms with Crippen LogP contribution in [0.4, 0.5) is 20.5 Å². The standard InChI is InChI=1S/C23H26ClF2N5/c1-31(2)22-17-5-3-4-6-19(17)29-23(30-22)28-16-10-8-15(9-11-16)27-13-14-7-12-18(25)20(24)21(14)26/h3-7,12,15-16,27H,8-11,13H2,1-2H3,(H,28,29,30). The van der Waals surface area contributed by atoms with Gasteiger partial charge in [-0.3, -0.25) is 0 Å². The summed E-state index contributed by atoms with van der Waals surface area (Å²) < 4.78 is 27.4. The zero-order valence-electron chi connectivity index (χ0n) is 17.6. The first-order valence-corrected chi connectivity index (χ1v) is 10.9. The highest BCUT2D eigenvalue weighted by molar-refractivity contribution is 6.30. The molecule has 8 heteroatoms. The average molecular weight is 446 g/mol. The van der Waals surface area contributed by atoms with Crippen LogP contribution < -0.4 is 15.5 Å². The average Bonchev–Trinajstić information content (AvgIpc) is 2.77. The highest BCUT2D eigenvalue weighted by atomic mass is 35.5. The van der Waals surface area contributed by atoms with Gasteiger partial charge in [-0.2, -0.15) is 4.98 Å². The van der Waals surface area contributed by atoms with Gasteiger partial charge in [0.05, 0.1) is 5.52 Å². The van der Waals surface area contributed by atoms with Crippen molar-refractivity contribution in [2.24, 2.45) is 0 Å². The van der Waals surface area contributed by atoms with Gasteiger partial charge in [-0.25, -0.2) is 13.8 Å². The lowest BCUT2D eigenvalue weighted by Crippen LogP contribution is -2.37. The van der Waals surface area contributed by atoms with Crippen LogP contribution in [0.5, 0.6) is 0 Å². The van der Waals surface area contributed by atoms with E-state index < -0.39 is 16.7 Å². The number of benzene rings is 2. The first-order chi connectivity index (χ1) is 14.9. The van der Waals surface area contributed by atoms with E-state index in [9.17, 15) is 8.78 Å². The second-order valence-corrected chi connectivity index (χ2v) is 8.57. The van der Waals surface area contributed by atoms with Crippen molar-refractivity contribution in [3.05, 3.63) is 58.6 Å². The van der Waals surface area contributed by atoms with Crippen LogP contribution in [0.25, 0.3) is 10.9 Å². The number of hydrogen-bond donors (Lipinski definition) is 2. The SMILES string of the molecule is CN(C)c1nc(NC2CCC(NCc3ccc(F)c(Cl)c3F)CC2)nc2ccccc12. The van der Waals surface area contributed by atoms with Crippen LogP contribution in [-0.2, 0) is 6.54 Å². The molecule has 0 aliphatic heterocycles. The summed E-state index contributed by atoms with van der Waals surface area (Å²) in [6.45, 7) is 0.328. The van der Waals surface area contributed by atoms with Gasteiger partial charge >= 0.3 is 0 Å². The van der Waals surface area contributed by atoms with E-state index in [0.717, 1.165) is 42.4 Å². The molecule has 0 bridgehead atoms. The molecule has 1 fully saturated rings. The number of aromatic nitrogens is 2. The zero-order valence-corrected chi connectivity index (χ0v) is 18.4. The number of rotatable bonds is 6. The van der Waals surface area contributed by atoms with E-state index in [1.54, 1.807) is 0 Å². The van der Waals surface area contributed by atoms with E-state index in [-0.39, 0.29) is 12.1 Å². The Morgan fingerprint density at radius 1 is 1.00 bits per heavy atom. The summed E-state index contributed by atoms with van der Waals surface area (Å²) in [5, 5.41) is 7.44. The molecule has 0 spiro atoms. The van der Waals surface area contributed by atoms with Crippen LogP contribution in [0.15, 0.2) is 36.4 Å². The Bertz CT molecular complexity index is 1070. The molecule has 1 aliphatic carbocycles. The zero-order chi connectivity index (χ0) is 22.0. The molecule has 0 amide bonds. The lowest BCUT2D eigenvalue weighted by Gasteiger charge is -2.30. The minimum absolute atomic E-state index is 0.274. The van der Waals surface area contributed by atoms with Crippen molar-refractivity contribution >= 4 is 34.3 Å². The van der Waals surface area contributed by atoms with E-state index in [4.69, 9.17) is 16.6 Å². The number of nitrogens with one attached hydrogen (secondary N) is 2. The normalized spacial score (nSPS) is 18.9. The Labute approximate surface area is 185 Å². The number of para-hydroxylation sites is 1. The van der Waals surface area contributed by atoms with Crippen molar-refractivity contribution < 1.29 is 8.78 Å². The first kappa shape index (κ1) is 21.7. The van der Waals surface area contributed by atoms with Crippen LogP contribution in [-0.4, -0.2) is 36.1 Å². The maximum absolute atomic E-state index is 14.1. The molecular weight excluding hydrogens is 420 g/mol. The van der Waals surface area contributed by atoms with Gasteiger partial charge in [0.2, 0.25) is 5.95 Å². The molecule has 1 saturated carbocycles. The molecule has 31 heavy (non-hydrogen) atoms. The molecule has 164 valence electrons. The van der Waals surface area contributed by atoms with Crippen molar-refractivity contribution in [2.45, 2.75) is 44.3 Å². The smallest absolute Gasteiger partial charge is 0.225 e. The fourth-order valence-corrected chi connectivity index (χ4v) is 4.23. The van der Waals surface area contributed by atoms with Gasteiger partial charge in [-0.05, 0) is 43.9 Å². The summed E-state index contributed by atoms with van der Waals surface area (Å²) >= 11 is 5.67. The number of hydrogen-bond acceptors (Lipinski definition) is 5. The number of fused-ring (bicyclic) bond motifs is 1. The molecule has 0 atom stereocenters. The van der Waals surface area contributed by atoms with E-state index in [1.165, 1.54) is 12.1 Å². The lowest BCUT2D eigenvalue weighted by molar-refractivity contribution is 0.350. The second-order valence-electron chi connectivity index (χ2n) is 8.19. The topological polar surface area (TPSA) is 53.1 Å². The molecular formula is C23H26ClF2N5. The lowest BCUT2D eigenvalue weighted by atomic mass is 9.91. The second kappa shape index (κ2) is 9.32. The highest BCUT2D eigenvalue weighted by Gasteiger charge is 2.22. The molecule has 0 unspecified atom stereocenters. The van der Waals surface area contributed by atoms with Crippen molar-refractivity contribution in [3.63, 3.8) is 0 Å². The van der Waals surface area contributed by atoms with Crippen LogP contribution in [0, 0.1) is 11.6 Å². The van der Waals surface area contributed by atoms with Crippen LogP contribution >= 0.6 is 11.6 Å². The number of nitrogens with zero attached hydrogens (tertiary/aromatic N) is 3. The minimum Gasteiger partial charge on any atom is -0.362 e. The van der Waals surface area contributed by atoms with Gasteiger partial charge in [0.15, 0.2) is 0 Å². The number of halogens is 3. The summed E-state index contributed by atoms with van der Waals surface area (Å²) in [6, 6.07) is 11.2. The largest absolute Gasteiger partial charge is 0.362 e. The Morgan fingerprint density at radius 3 is 2.45 bits per heavy atom. The molecule has 5 nitrogen and oxygen atoms in total. The monoisotopic (exact) mass is 445 g/mol. The molecule has 1 aromatic heterocycles. The fourth-order valence-electron chi connectivity index (χ4n) is 4.05. The maximum Gasteiger partial charge on any atom is 0.225 e. The van der Waals surface area contributed by atoms with E-state index in [2.05, 4.69) is 15.6 Å². The van der Waals surface area contributed by atoms with Gasteiger partial charge in [-0.15, -0.1) is 0 Å². The van der Waals surface area contributed by atoms with Gasteiger partial charge in [0.25, 0.3) is 0 Å². The molecule has 0 saturated heterocycles. The summed E-state index contributed by atoms with van der Waals surface area (Å²) in [7, 11) is 3.96. The minimum atomic E-state index is -0.733. The summed E-state index contributed by atoms with van der Waals surface area (Å²) in [4.78, 5) is 11.4. The number of anilines is 2. The van der Waals surface area contributed by atoms with Crippen LogP contribution in [0.1, 0.15) is 31.2 Å².